The summed E-state index contributed by atoms with van der Waals surface area (Å²) in [5, 5.41) is 16.6. The highest BCUT2D eigenvalue weighted by atomic mass is 32.1. The minimum absolute atomic E-state index is 0.289. The lowest BCUT2D eigenvalue weighted by Gasteiger charge is -2.14. The van der Waals surface area contributed by atoms with Crippen molar-refractivity contribution in [2.45, 2.75) is 26.4 Å². The van der Waals surface area contributed by atoms with Crippen molar-refractivity contribution in [3.05, 3.63) is 57.3 Å². The molecule has 0 spiro atoms. The van der Waals surface area contributed by atoms with Crippen molar-refractivity contribution in [3.8, 4) is 6.07 Å². The van der Waals surface area contributed by atoms with Crippen LogP contribution < -0.4 is 5.32 Å². The molecule has 0 saturated heterocycles. The second kappa shape index (κ2) is 5.81. The van der Waals surface area contributed by atoms with Gasteiger partial charge < -0.3 is 5.32 Å². The largest absolute Gasteiger partial charge is 0.306 e. The molecule has 18 heavy (non-hydrogen) atoms. The van der Waals surface area contributed by atoms with Gasteiger partial charge in [0, 0.05) is 12.6 Å². The quantitative estimate of drug-likeness (QED) is 0.903. The standard InChI is InChI=1S/C15H16N2S/c1-11-9-18-10-15(11)8-17-12(2)14-5-3-13(7-16)4-6-14/h3-6,9-10,12,17H,8H2,1-2H3. The Balaban J connectivity index is 1.97. The molecule has 1 atom stereocenters. The van der Waals surface area contributed by atoms with E-state index in [1.165, 1.54) is 16.7 Å². The zero-order valence-corrected chi connectivity index (χ0v) is 11.4. The van der Waals surface area contributed by atoms with Gasteiger partial charge in [0.05, 0.1) is 11.6 Å². The van der Waals surface area contributed by atoms with Gasteiger partial charge in [0.1, 0.15) is 0 Å². The lowest BCUT2D eigenvalue weighted by Crippen LogP contribution is -2.18. The van der Waals surface area contributed by atoms with E-state index in [2.05, 4.69) is 36.0 Å². The molecule has 1 N–H and O–H groups in total. The van der Waals surface area contributed by atoms with Gasteiger partial charge in [-0.3, -0.25) is 0 Å². The highest BCUT2D eigenvalue weighted by molar-refractivity contribution is 7.08. The van der Waals surface area contributed by atoms with Crippen LogP contribution in [-0.4, -0.2) is 0 Å². The highest BCUT2D eigenvalue weighted by Crippen LogP contribution is 2.17. The Hall–Kier alpha value is -1.63. The maximum Gasteiger partial charge on any atom is 0.0991 e. The molecule has 2 rings (SSSR count). The van der Waals surface area contributed by atoms with Gasteiger partial charge in [0.15, 0.2) is 0 Å². The Bertz CT molecular complexity index is 549. The third kappa shape index (κ3) is 2.98. The number of thiophene rings is 1. The molecule has 0 aliphatic heterocycles. The van der Waals surface area contributed by atoms with Crippen molar-refractivity contribution in [3.63, 3.8) is 0 Å². The molecule has 0 fully saturated rings. The van der Waals surface area contributed by atoms with Crippen LogP contribution in [0.25, 0.3) is 0 Å². The fourth-order valence-corrected chi connectivity index (χ4v) is 2.65. The predicted molar refractivity (Wildman–Crippen MR) is 75.5 cm³/mol. The van der Waals surface area contributed by atoms with Crippen molar-refractivity contribution < 1.29 is 0 Å². The molecule has 1 unspecified atom stereocenters. The average molecular weight is 256 g/mol. The topological polar surface area (TPSA) is 35.8 Å². The number of nitrogens with one attached hydrogen (secondary N) is 1. The van der Waals surface area contributed by atoms with Crippen LogP contribution in [0.15, 0.2) is 35.0 Å². The predicted octanol–water partition coefficient (Wildman–Crippen LogP) is 3.78. The van der Waals surface area contributed by atoms with E-state index in [0.717, 1.165) is 6.54 Å². The highest BCUT2D eigenvalue weighted by Gasteiger charge is 2.06. The first-order chi connectivity index (χ1) is 8.70. The van der Waals surface area contributed by atoms with Crippen molar-refractivity contribution in [2.75, 3.05) is 0 Å². The summed E-state index contributed by atoms with van der Waals surface area (Å²) >= 11 is 1.74. The minimum atomic E-state index is 0.289. The summed E-state index contributed by atoms with van der Waals surface area (Å²) in [6, 6.07) is 10.2. The smallest absolute Gasteiger partial charge is 0.0991 e. The molecule has 0 aliphatic rings. The molecule has 0 saturated carbocycles. The summed E-state index contributed by atoms with van der Waals surface area (Å²) in [5.74, 6) is 0. The maximum atomic E-state index is 8.76. The third-order valence-electron chi connectivity index (χ3n) is 3.10. The first kappa shape index (κ1) is 12.8. The fraction of sp³-hybridized carbons (Fsp3) is 0.267. The van der Waals surface area contributed by atoms with E-state index in [4.69, 9.17) is 5.26 Å². The van der Waals surface area contributed by atoms with Gasteiger partial charge in [-0.15, -0.1) is 0 Å². The Morgan fingerprint density at radius 3 is 2.56 bits per heavy atom. The van der Waals surface area contributed by atoms with Crippen LogP contribution in [0.4, 0.5) is 0 Å². The number of hydrogen-bond donors (Lipinski definition) is 1. The van der Waals surface area contributed by atoms with E-state index >= 15 is 0 Å². The lowest BCUT2D eigenvalue weighted by atomic mass is 10.1. The number of nitriles is 1. The molecule has 92 valence electrons. The van der Waals surface area contributed by atoms with Gasteiger partial charge in [-0.1, -0.05) is 12.1 Å². The van der Waals surface area contributed by atoms with Crippen LogP contribution in [0.3, 0.4) is 0 Å². The zero-order chi connectivity index (χ0) is 13.0. The van der Waals surface area contributed by atoms with Crippen LogP contribution in [0.5, 0.6) is 0 Å². The Morgan fingerprint density at radius 2 is 2.00 bits per heavy atom. The number of rotatable bonds is 4. The minimum Gasteiger partial charge on any atom is -0.306 e. The molecule has 0 aliphatic carbocycles. The van der Waals surface area contributed by atoms with Gasteiger partial charge in [-0.05, 0) is 53.4 Å². The monoisotopic (exact) mass is 256 g/mol. The molecule has 1 aromatic carbocycles. The van der Waals surface area contributed by atoms with Crippen molar-refractivity contribution in [1.29, 1.82) is 5.26 Å². The van der Waals surface area contributed by atoms with Crippen LogP contribution in [0.1, 0.15) is 35.2 Å². The summed E-state index contributed by atoms with van der Waals surface area (Å²) in [5.41, 5.74) is 4.63. The Morgan fingerprint density at radius 1 is 1.28 bits per heavy atom. The van der Waals surface area contributed by atoms with E-state index in [1.54, 1.807) is 11.3 Å². The zero-order valence-electron chi connectivity index (χ0n) is 10.6. The van der Waals surface area contributed by atoms with E-state index < -0.39 is 0 Å². The van der Waals surface area contributed by atoms with Gasteiger partial charge in [-0.2, -0.15) is 16.6 Å². The Labute approximate surface area is 112 Å². The van der Waals surface area contributed by atoms with Crippen LogP contribution in [0.2, 0.25) is 0 Å². The maximum absolute atomic E-state index is 8.76. The van der Waals surface area contributed by atoms with E-state index in [0.29, 0.717) is 5.56 Å². The van der Waals surface area contributed by atoms with Gasteiger partial charge in [0.25, 0.3) is 0 Å². The third-order valence-corrected chi connectivity index (χ3v) is 4.01. The van der Waals surface area contributed by atoms with Gasteiger partial charge >= 0.3 is 0 Å². The average Bonchev–Trinajstić information content (AvgIpc) is 2.81. The first-order valence-electron chi connectivity index (χ1n) is 5.96. The normalized spacial score (nSPS) is 12.1. The Kier molecular flexibility index (Phi) is 4.14. The lowest BCUT2D eigenvalue weighted by molar-refractivity contribution is 0.574. The molecule has 1 aromatic heterocycles. The second-order valence-corrected chi connectivity index (χ2v) is 5.16. The van der Waals surface area contributed by atoms with E-state index in [-0.39, 0.29) is 6.04 Å². The van der Waals surface area contributed by atoms with E-state index in [9.17, 15) is 0 Å². The number of aryl methyl sites for hydroxylation is 1. The van der Waals surface area contributed by atoms with Crippen molar-refractivity contribution in [1.82, 2.24) is 5.32 Å². The molecular formula is C15H16N2S. The molecule has 0 radical (unpaired) electrons. The van der Waals surface area contributed by atoms with Gasteiger partial charge in [-0.25, -0.2) is 0 Å². The second-order valence-electron chi connectivity index (χ2n) is 4.42. The fourth-order valence-electron chi connectivity index (χ4n) is 1.80. The summed E-state index contributed by atoms with van der Waals surface area (Å²) < 4.78 is 0. The van der Waals surface area contributed by atoms with E-state index in [1.807, 2.05) is 24.3 Å². The number of benzene rings is 1. The summed E-state index contributed by atoms with van der Waals surface area (Å²) in [7, 11) is 0. The molecule has 3 heteroatoms. The molecular weight excluding hydrogens is 240 g/mol. The molecule has 2 nitrogen and oxygen atoms in total. The van der Waals surface area contributed by atoms with Gasteiger partial charge in [0.2, 0.25) is 0 Å². The summed E-state index contributed by atoms with van der Waals surface area (Å²) in [4.78, 5) is 0. The number of nitrogens with zero attached hydrogens (tertiary/aromatic N) is 1. The molecule has 0 bridgehead atoms. The van der Waals surface area contributed by atoms with Crippen LogP contribution >= 0.6 is 11.3 Å². The molecule has 2 aromatic rings. The first-order valence-corrected chi connectivity index (χ1v) is 6.90. The number of hydrogen-bond acceptors (Lipinski definition) is 3. The van der Waals surface area contributed by atoms with Crippen LogP contribution in [-0.2, 0) is 6.54 Å². The van der Waals surface area contributed by atoms with Crippen molar-refractivity contribution >= 4 is 11.3 Å². The summed E-state index contributed by atoms with van der Waals surface area (Å²) in [6.45, 7) is 5.17. The SMILES string of the molecule is Cc1cscc1CNC(C)c1ccc(C#N)cc1. The molecule has 0 amide bonds. The van der Waals surface area contributed by atoms with Crippen molar-refractivity contribution in [2.24, 2.45) is 0 Å². The summed E-state index contributed by atoms with van der Waals surface area (Å²) in [6.07, 6.45) is 0. The molecule has 1 heterocycles. The van der Waals surface area contributed by atoms with Crippen LogP contribution in [0, 0.1) is 18.3 Å².